The van der Waals surface area contributed by atoms with Crippen LogP contribution in [0.5, 0.6) is 0 Å². The summed E-state index contributed by atoms with van der Waals surface area (Å²) in [4.78, 5) is 21.7. The van der Waals surface area contributed by atoms with E-state index in [0.717, 1.165) is 48.2 Å². The predicted octanol–water partition coefficient (Wildman–Crippen LogP) is 1.54. The normalized spacial score (nSPS) is 18.2. The molecule has 1 aliphatic heterocycles. The highest BCUT2D eigenvalue weighted by molar-refractivity contribution is 7.13. The second-order valence-electron chi connectivity index (χ2n) is 4.60. The van der Waals surface area contributed by atoms with E-state index in [1.807, 2.05) is 18.7 Å². The van der Waals surface area contributed by atoms with E-state index in [-0.39, 0.29) is 5.91 Å². The number of amides is 1. The number of likely N-dealkylation sites (N-methyl/N-ethyl adjacent to an activating group) is 1. The zero-order valence-corrected chi connectivity index (χ0v) is 11.5. The maximum Gasteiger partial charge on any atom is 0.265 e. The van der Waals surface area contributed by atoms with E-state index in [1.54, 1.807) is 0 Å². The summed E-state index contributed by atoms with van der Waals surface area (Å²) in [6.07, 6.45) is 1.05. The number of aryl methyl sites for hydroxylation is 2. The van der Waals surface area contributed by atoms with Gasteiger partial charge in [-0.15, -0.1) is 11.3 Å². The van der Waals surface area contributed by atoms with Crippen LogP contribution in [0.1, 0.15) is 26.8 Å². The third-order valence-corrected chi connectivity index (χ3v) is 4.17. The van der Waals surface area contributed by atoms with E-state index < -0.39 is 0 Å². The lowest BCUT2D eigenvalue weighted by Gasteiger charge is -2.19. The highest BCUT2D eigenvalue weighted by atomic mass is 32.1. The molecule has 0 atom stereocenters. The summed E-state index contributed by atoms with van der Waals surface area (Å²) in [5.41, 5.74) is 0.870. The van der Waals surface area contributed by atoms with Gasteiger partial charge in [-0.1, -0.05) is 0 Å². The second kappa shape index (κ2) is 5.14. The zero-order chi connectivity index (χ0) is 12.4. The lowest BCUT2D eigenvalue weighted by atomic mass is 10.3. The number of aromatic nitrogens is 1. The Morgan fingerprint density at radius 3 is 2.65 bits per heavy atom. The molecule has 1 aromatic rings. The molecule has 0 aliphatic carbocycles. The van der Waals surface area contributed by atoms with E-state index in [9.17, 15) is 4.79 Å². The van der Waals surface area contributed by atoms with Crippen LogP contribution in [0, 0.1) is 13.8 Å². The molecule has 94 valence electrons. The van der Waals surface area contributed by atoms with E-state index in [0.29, 0.717) is 0 Å². The molecule has 0 aromatic carbocycles. The summed E-state index contributed by atoms with van der Waals surface area (Å²) in [5.74, 6) is 0.156. The van der Waals surface area contributed by atoms with Crippen molar-refractivity contribution in [1.82, 2.24) is 14.8 Å². The molecule has 2 heterocycles. The van der Waals surface area contributed by atoms with Crippen LogP contribution in [-0.2, 0) is 0 Å². The van der Waals surface area contributed by atoms with Gasteiger partial charge in [0.05, 0.1) is 10.7 Å². The summed E-state index contributed by atoms with van der Waals surface area (Å²) >= 11 is 1.51. The minimum Gasteiger partial charge on any atom is -0.337 e. The van der Waals surface area contributed by atoms with Gasteiger partial charge in [-0.3, -0.25) is 4.79 Å². The van der Waals surface area contributed by atoms with Gasteiger partial charge in [0.2, 0.25) is 0 Å². The first-order chi connectivity index (χ1) is 8.08. The van der Waals surface area contributed by atoms with Gasteiger partial charge in [0.25, 0.3) is 5.91 Å². The molecule has 0 N–H and O–H groups in total. The molecule has 0 bridgehead atoms. The maximum absolute atomic E-state index is 12.4. The lowest BCUT2D eigenvalue weighted by Crippen LogP contribution is -2.34. The molecule has 0 unspecified atom stereocenters. The number of hydrogen-bond donors (Lipinski definition) is 0. The quantitative estimate of drug-likeness (QED) is 0.761. The van der Waals surface area contributed by atoms with Gasteiger partial charge in [-0.05, 0) is 33.9 Å². The van der Waals surface area contributed by atoms with E-state index in [4.69, 9.17) is 0 Å². The van der Waals surface area contributed by atoms with Crippen molar-refractivity contribution < 1.29 is 4.79 Å². The molecule has 0 radical (unpaired) electrons. The van der Waals surface area contributed by atoms with Crippen molar-refractivity contribution in [3.63, 3.8) is 0 Å². The Hall–Kier alpha value is -0.940. The largest absolute Gasteiger partial charge is 0.337 e. The zero-order valence-electron chi connectivity index (χ0n) is 10.7. The number of rotatable bonds is 1. The van der Waals surface area contributed by atoms with E-state index in [2.05, 4.69) is 16.9 Å². The van der Waals surface area contributed by atoms with Crippen molar-refractivity contribution >= 4 is 17.2 Å². The number of carbonyl (C=O) groups is 1. The van der Waals surface area contributed by atoms with Gasteiger partial charge in [0.15, 0.2) is 0 Å². The Morgan fingerprint density at radius 2 is 2.00 bits per heavy atom. The minimum absolute atomic E-state index is 0.156. The van der Waals surface area contributed by atoms with Crippen LogP contribution in [-0.4, -0.2) is 53.9 Å². The first-order valence-corrected chi connectivity index (χ1v) is 6.81. The molecule has 17 heavy (non-hydrogen) atoms. The second-order valence-corrected chi connectivity index (χ2v) is 5.80. The van der Waals surface area contributed by atoms with Crippen LogP contribution in [0.3, 0.4) is 0 Å². The molecule has 1 amide bonds. The summed E-state index contributed by atoms with van der Waals surface area (Å²) in [6, 6.07) is 0. The van der Waals surface area contributed by atoms with Gasteiger partial charge in [-0.2, -0.15) is 0 Å². The standard InChI is InChI=1S/C12H19N3OS/c1-9-11(17-10(2)13-9)12(16)15-6-4-5-14(3)7-8-15/h4-8H2,1-3H3. The molecule has 0 saturated carbocycles. The van der Waals surface area contributed by atoms with Crippen molar-refractivity contribution in [2.75, 3.05) is 33.2 Å². The van der Waals surface area contributed by atoms with Gasteiger partial charge >= 0.3 is 0 Å². The number of carbonyl (C=O) groups excluding carboxylic acids is 1. The highest BCUT2D eigenvalue weighted by Crippen LogP contribution is 2.19. The number of nitrogens with zero attached hydrogens (tertiary/aromatic N) is 3. The molecule has 2 rings (SSSR count). The smallest absolute Gasteiger partial charge is 0.265 e. The van der Waals surface area contributed by atoms with Crippen LogP contribution in [0.15, 0.2) is 0 Å². The molecule has 1 fully saturated rings. The van der Waals surface area contributed by atoms with Crippen molar-refractivity contribution in [2.45, 2.75) is 20.3 Å². The fourth-order valence-electron chi connectivity index (χ4n) is 2.12. The van der Waals surface area contributed by atoms with Gasteiger partial charge in [0.1, 0.15) is 4.88 Å². The molecule has 1 aromatic heterocycles. The Kier molecular flexibility index (Phi) is 3.79. The summed E-state index contributed by atoms with van der Waals surface area (Å²) in [7, 11) is 2.11. The first-order valence-electron chi connectivity index (χ1n) is 6.00. The molecular weight excluding hydrogens is 234 g/mol. The first kappa shape index (κ1) is 12.5. The Balaban J connectivity index is 2.11. The van der Waals surface area contributed by atoms with Gasteiger partial charge in [0, 0.05) is 19.6 Å². The molecule has 1 aliphatic rings. The number of hydrogen-bond acceptors (Lipinski definition) is 4. The molecular formula is C12H19N3OS. The summed E-state index contributed by atoms with van der Waals surface area (Å²) in [5, 5.41) is 0.970. The fourth-order valence-corrected chi connectivity index (χ4v) is 3.01. The van der Waals surface area contributed by atoms with Crippen LogP contribution in [0.4, 0.5) is 0 Å². The van der Waals surface area contributed by atoms with Crippen molar-refractivity contribution in [3.8, 4) is 0 Å². The van der Waals surface area contributed by atoms with Crippen molar-refractivity contribution in [1.29, 1.82) is 0 Å². The third kappa shape index (κ3) is 2.84. The lowest BCUT2D eigenvalue weighted by molar-refractivity contribution is 0.0766. The predicted molar refractivity (Wildman–Crippen MR) is 69.6 cm³/mol. The van der Waals surface area contributed by atoms with E-state index >= 15 is 0 Å². The van der Waals surface area contributed by atoms with Crippen LogP contribution >= 0.6 is 11.3 Å². The van der Waals surface area contributed by atoms with E-state index in [1.165, 1.54) is 11.3 Å². The number of thiazole rings is 1. The molecule has 1 saturated heterocycles. The Bertz CT molecular complexity index is 416. The maximum atomic E-state index is 12.4. The molecule has 4 nitrogen and oxygen atoms in total. The molecule has 0 spiro atoms. The SMILES string of the molecule is Cc1nc(C)c(C(=O)N2CCCN(C)CC2)s1. The molecule has 5 heteroatoms. The van der Waals surface area contributed by atoms with Crippen molar-refractivity contribution in [2.24, 2.45) is 0 Å². The fraction of sp³-hybridized carbons (Fsp3) is 0.667. The van der Waals surface area contributed by atoms with Crippen molar-refractivity contribution in [3.05, 3.63) is 15.6 Å². The Morgan fingerprint density at radius 1 is 1.24 bits per heavy atom. The average Bonchev–Trinajstić information content (AvgIpc) is 2.49. The van der Waals surface area contributed by atoms with Gasteiger partial charge in [-0.25, -0.2) is 4.98 Å². The topological polar surface area (TPSA) is 36.4 Å². The average molecular weight is 253 g/mol. The Labute approximate surface area is 106 Å². The third-order valence-electron chi connectivity index (χ3n) is 3.10. The van der Waals surface area contributed by atoms with Gasteiger partial charge < -0.3 is 9.80 Å². The monoisotopic (exact) mass is 253 g/mol. The summed E-state index contributed by atoms with van der Waals surface area (Å²) < 4.78 is 0. The van der Waals surface area contributed by atoms with Crippen LogP contribution in [0.25, 0.3) is 0 Å². The summed E-state index contributed by atoms with van der Waals surface area (Å²) in [6.45, 7) is 7.59. The highest BCUT2D eigenvalue weighted by Gasteiger charge is 2.22. The van der Waals surface area contributed by atoms with Crippen LogP contribution in [0.2, 0.25) is 0 Å². The van der Waals surface area contributed by atoms with Crippen LogP contribution < -0.4 is 0 Å². The minimum atomic E-state index is 0.156.